The summed E-state index contributed by atoms with van der Waals surface area (Å²) in [5.74, 6) is 0. The van der Waals surface area contributed by atoms with Gasteiger partial charge in [-0.1, -0.05) is 24.3 Å². The number of nitrogens with zero attached hydrogens (tertiary/aromatic N) is 3. The number of hydrogen-bond acceptors (Lipinski definition) is 4. The number of benzene rings is 1. The highest BCUT2D eigenvalue weighted by Gasteiger charge is 2.28. The van der Waals surface area contributed by atoms with Gasteiger partial charge in [-0.15, -0.1) is 11.3 Å². The highest BCUT2D eigenvalue weighted by molar-refractivity contribution is 7.15. The van der Waals surface area contributed by atoms with Crippen LogP contribution in [0.3, 0.4) is 0 Å². The maximum absolute atomic E-state index is 10.8. The zero-order valence-electron chi connectivity index (χ0n) is 11.9. The van der Waals surface area contributed by atoms with E-state index >= 15 is 0 Å². The van der Waals surface area contributed by atoms with Crippen molar-refractivity contribution in [2.75, 3.05) is 0 Å². The molecule has 0 radical (unpaired) electrons. The summed E-state index contributed by atoms with van der Waals surface area (Å²) in [5, 5.41) is 11.6. The first-order valence-corrected chi connectivity index (χ1v) is 7.50. The zero-order valence-corrected chi connectivity index (χ0v) is 12.7. The molecule has 0 aliphatic carbocycles. The van der Waals surface area contributed by atoms with E-state index in [1.807, 2.05) is 12.1 Å². The molecule has 22 heavy (non-hydrogen) atoms. The molecule has 4 nitrogen and oxygen atoms in total. The van der Waals surface area contributed by atoms with Crippen LogP contribution in [0, 0.1) is 6.57 Å². The standard InChI is InChI=1S/C17H13N3OS/c1-17(21,13-7-9-19-10-8-13)15-11-20-16(22-15)12-3-5-14(18-2)6-4-12/h3-11,21H,1H3. The van der Waals surface area contributed by atoms with Crippen LogP contribution < -0.4 is 0 Å². The third-order valence-corrected chi connectivity index (χ3v) is 4.73. The average molecular weight is 307 g/mol. The van der Waals surface area contributed by atoms with E-state index in [0.717, 1.165) is 21.0 Å². The van der Waals surface area contributed by atoms with Crippen LogP contribution in [0.1, 0.15) is 17.4 Å². The smallest absolute Gasteiger partial charge is 0.187 e. The Hall–Kier alpha value is -2.55. The molecule has 1 aromatic carbocycles. The number of rotatable bonds is 3. The molecule has 2 heterocycles. The monoisotopic (exact) mass is 307 g/mol. The zero-order chi connectivity index (χ0) is 15.6. The van der Waals surface area contributed by atoms with Crippen molar-refractivity contribution in [3.8, 4) is 10.6 Å². The van der Waals surface area contributed by atoms with Crippen LogP contribution in [0.15, 0.2) is 55.0 Å². The average Bonchev–Trinajstić information content (AvgIpc) is 3.06. The Morgan fingerprint density at radius 2 is 1.82 bits per heavy atom. The summed E-state index contributed by atoms with van der Waals surface area (Å²) in [4.78, 5) is 12.5. The Morgan fingerprint density at radius 3 is 2.45 bits per heavy atom. The molecule has 3 rings (SSSR count). The van der Waals surface area contributed by atoms with Crippen molar-refractivity contribution in [3.63, 3.8) is 0 Å². The molecule has 0 saturated heterocycles. The summed E-state index contributed by atoms with van der Waals surface area (Å²) < 4.78 is 0. The molecule has 2 aromatic heterocycles. The van der Waals surface area contributed by atoms with E-state index in [-0.39, 0.29) is 0 Å². The quantitative estimate of drug-likeness (QED) is 0.744. The van der Waals surface area contributed by atoms with Crippen molar-refractivity contribution in [2.45, 2.75) is 12.5 Å². The van der Waals surface area contributed by atoms with Crippen LogP contribution in [-0.2, 0) is 5.60 Å². The van der Waals surface area contributed by atoms with Crippen molar-refractivity contribution in [1.82, 2.24) is 9.97 Å². The highest BCUT2D eigenvalue weighted by Crippen LogP contribution is 2.36. The van der Waals surface area contributed by atoms with Crippen LogP contribution in [-0.4, -0.2) is 15.1 Å². The van der Waals surface area contributed by atoms with Gasteiger partial charge in [0.15, 0.2) is 5.69 Å². The lowest BCUT2D eigenvalue weighted by atomic mass is 9.96. The van der Waals surface area contributed by atoms with Crippen molar-refractivity contribution in [2.24, 2.45) is 0 Å². The van der Waals surface area contributed by atoms with Crippen LogP contribution in [0.25, 0.3) is 15.4 Å². The largest absolute Gasteiger partial charge is 0.380 e. The van der Waals surface area contributed by atoms with Gasteiger partial charge in [0, 0.05) is 24.2 Å². The molecule has 0 spiro atoms. The summed E-state index contributed by atoms with van der Waals surface area (Å²) in [6.45, 7) is 8.73. The molecule has 0 fully saturated rings. The van der Waals surface area contributed by atoms with Gasteiger partial charge in [-0.25, -0.2) is 9.83 Å². The molecule has 0 saturated carbocycles. The first-order chi connectivity index (χ1) is 10.6. The number of hydrogen-bond donors (Lipinski definition) is 1. The minimum Gasteiger partial charge on any atom is -0.380 e. The molecule has 0 aliphatic rings. The van der Waals surface area contributed by atoms with Gasteiger partial charge >= 0.3 is 0 Å². The van der Waals surface area contributed by atoms with Gasteiger partial charge in [0.05, 0.1) is 11.4 Å². The van der Waals surface area contributed by atoms with Gasteiger partial charge in [-0.05, 0) is 24.6 Å². The number of aromatic nitrogens is 2. The lowest BCUT2D eigenvalue weighted by molar-refractivity contribution is 0.106. The van der Waals surface area contributed by atoms with Crippen LogP contribution in [0.4, 0.5) is 5.69 Å². The maximum atomic E-state index is 10.8. The second-order valence-corrected chi connectivity index (χ2v) is 6.03. The van der Waals surface area contributed by atoms with Crippen molar-refractivity contribution in [3.05, 3.63) is 76.8 Å². The third-order valence-electron chi connectivity index (χ3n) is 3.47. The first-order valence-electron chi connectivity index (χ1n) is 6.68. The number of pyridine rings is 1. The maximum Gasteiger partial charge on any atom is 0.187 e. The summed E-state index contributed by atoms with van der Waals surface area (Å²) in [5.41, 5.74) is 1.22. The van der Waals surface area contributed by atoms with E-state index in [0.29, 0.717) is 5.69 Å². The summed E-state index contributed by atoms with van der Waals surface area (Å²) >= 11 is 1.44. The van der Waals surface area contributed by atoms with Crippen LogP contribution >= 0.6 is 11.3 Å². The van der Waals surface area contributed by atoms with Gasteiger partial charge in [-0.3, -0.25) is 4.98 Å². The topological polar surface area (TPSA) is 50.4 Å². The lowest BCUT2D eigenvalue weighted by Gasteiger charge is -2.21. The minimum absolute atomic E-state index is 0.601. The van der Waals surface area contributed by atoms with Crippen LogP contribution in [0.5, 0.6) is 0 Å². The second-order valence-electron chi connectivity index (χ2n) is 5.00. The second kappa shape index (κ2) is 5.68. The predicted molar refractivity (Wildman–Crippen MR) is 86.7 cm³/mol. The fourth-order valence-electron chi connectivity index (χ4n) is 2.13. The van der Waals surface area contributed by atoms with Crippen molar-refractivity contribution < 1.29 is 5.11 Å². The molecule has 1 N–H and O–H groups in total. The summed E-state index contributed by atoms with van der Waals surface area (Å²) in [6.07, 6.45) is 5.02. The summed E-state index contributed by atoms with van der Waals surface area (Å²) in [6, 6.07) is 10.9. The lowest BCUT2D eigenvalue weighted by Crippen LogP contribution is -2.21. The van der Waals surface area contributed by atoms with Gasteiger partial charge in [-0.2, -0.15) is 0 Å². The Kier molecular flexibility index (Phi) is 3.72. The van der Waals surface area contributed by atoms with Crippen molar-refractivity contribution >= 4 is 17.0 Å². The molecule has 0 amide bonds. The Labute approximate surface area is 132 Å². The Bertz CT molecular complexity index is 817. The fraction of sp³-hybridized carbons (Fsp3) is 0.118. The normalized spacial score (nSPS) is 13.3. The molecular weight excluding hydrogens is 294 g/mol. The molecule has 3 aromatic rings. The predicted octanol–water partition coefficient (Wildman–Crippen LogP) is 4.01. The van der Waals surface area contributed by atoms with E-state index in [9.17, 15) is 5.11 Å². The summed E-state index contributed by atoms with van der Waals surface area (Å²) in [7, 11) is 0. The van der Waals surface area contributed by atoms with E-state index in [1.54, 1.807) is 49.8 Å². The van der Waals surface area contributed by atoms with Crippen LogP contribution in [0.2, 0.25) is 0 Å². The minimum atomic E-state index is -1.10. The van der Waals surface area contributed by atoms with Crippen molar-refractivity contribution in [1.29, 1.82) is 0 Å². The van der Waals surface area contributed by atoms with Gasteiger partial charge in [0.2, 0.25) is 0 Å². The van der Waals surface area contributed by atoms with E-state index < -0.39 is 5.60 Å². The molecular formula is C17H13N3OS. The Balaban J connectivity index is 1.95. The number of aliphatic hydroxyl groups is 1. The van der Waals surface area contributed by atoms with E-state index in [4.69, 9.17) is 6.57 Å². The van der Waals surface area contributed by atoms with Gasteiger partial charge < -0.3 is 5.11 Å². The Morgan fingerprint density at radius 1 is 1.14 bits per heavy atom. The number of thiazole rings is 1. The fourth-order valence-corrected chi connectivity index (χ4v) is 3.12. The third kappa shape index (κ3) is 2.62. The first kappa shape index (κ1) is 14.4. The molecule has 1 atom stereocenters. The molecule has 5 heteroatoms. The SMILES string of the molecule is [C-]#[N+]c1ccc(-c2ncc(C(C)(O)c3ccncc3)s2)cc1. The van der Waals surface area contributed by atoms with Gasteiger partial charge in [0.25, 0.3) is 0 Å². The molecule has 0 bridgehead atoms. The molecule has 0 aliphatic heterocycles. The van der Waals surface area contributed by atoms with E-state index in [2.05, 4.69) is 14.8 Å². The molecule has 108 valence electrons. The highest BCUT2D eigenvalue weighted by atomic mass is 32.1. The van der Waals surface area contributed by atoms with E-state index in [1.165, 1.54) is 11.3 Å². The molecule has 1 unspecified atom stereocenters. The van der Waals surface area contributed by atoms with Gasteiger partial charge in [0.1, 0.15) is 10.6 Å².